The lowest BCUT2D eigenvalue weighted by Gasteiger charge is -2.11. The molecule has 0 aliphatic heterocycles. The number of aliphatic imine (C=N–C) groups is 3. The van der Waals surface area contributed by atoms with E-state index in [-0.39, 0.29) is 0 Å². The summed E-state index contributed by atoms with van der Waals surface area (Å²) in [5, 5.41) is 4.64. The lowest BCUT2D eigenvalue weighted by Crippen LogP contribution is -2.12. The molecule has 278 valence electrons. The average Bonchev–Trinajstić information content (AvgIpc) is 3.79. The van der Waals surface area contributed by atoms with E-state index in [0.717, 1.165) is 49.8 Å². The third kappa shape index (κ3) is 6.80. The highest BCUT2D eigenvalue weighted by Gasteiger charge is 2.18. The molecular weight excluding hydrogens is 707 g/mol. The highest BCUT2D eigenvalue weighted by Crippen LogP contribution is 2.38. The van der Waals surface area contributed by atoms with Crippen LogP contribution in [0.4, 0.5) is 0 Å². The Bertz CT molecular complexity index is 3120. The zero-order valence-electron chi connectivity index (χ0n) is 32.3. The molecule has 0 amide bonds. The fourth-order valence-electron chi connectivity index (χ4n) is 7.86. The molecule has 0 bridgehead atoms. The predicted molar refractivity (Wildman–Crippen MR) is 248 cm³/mol. The maximum atomic E-state index is 5.09. The number of amidine groups is 1. The quantitative estimate of drug-likeness (QED) is 0.0844. The van der Waals surface area contributed by atoms with Gasteiger partial charge in [-0.25, -0.2) is 4.99 Å². The van der Waals surface area contributed by atoms with Gasteiger partial charge in [0.25, 0.3) is 0 Å². The van der Waals surface area contributed by atoms with Crippen LogP contribution >= 0.6 is 0 Å². The van der Waals surface area contributed by atoms with E-state index < -0.39 is 0 Å². The van der Waals surface area contributed by atoms with Crippen LogP contribution in [0.3, 0.4) is 0 Å². The zero-order valence-corrected chi connectivity index (χ0v) is 32.3. The van der Waals surface area contributed by atoms with Crippen LogP contribution in [-0.2, 0) is 6.54 Å². The van der Waals surface area contributed by atoms with E-state index in [2.05, 4.69) is 173 Å². The number of hydrogen-bond donors (Lipinski definition) is 0. The maximum Gasteiger partial charge on any atom is 0.236 e. The molecule has 0 N–H and O–H groups in total. The highest BCUT2D eigenvalue weighted by molar-refractivity contribution is 6.18. The summed E-state index contributed by atoms with van der Waals surface area (Å²) in [6.07, 6.45) is 7.57. The second-order valence-electron chi connectivity index (χ2n) is 14.3. The molecular formula is C53H41N5. The summed E-state index contributed by atoms with van der Waals surface area (Å²) in [5.41, 5.74) is 12.1. The predicted octanol–water partition coefficient (Wildman–Crippen LogP) is 13.4. The highest BCUT2D eigenvalue weighted by atomic mass is 15.2. The number of benzene rings is 7. The Kier molecular flexibility index (Phi) is 9.85. The third-order valence-electron chi connectivity index (χ3n) is 10.6. The van der Waals surface area contributed by atoms with Crippen LogP contribution < -0.4 is 0 Å². The van der Waals surface area contributed by atoms with Crippen molar-refractivity contribution in [2.24, 2.45) is 15.0 Å². The van der Waals surface area contributed by atoms with E-state index in [4.69, 9.17) is 9.98 Å². The fraction of sp³-hybridized carbons (Fsp3) is 0.0377. The van der Waals surface area contributed by atoms with E-state index in [0.29, 0.717) is 18.3 Å². The second-order valence-corrected chi connectivity index (χ2v) is 14.3. The molecule has 9 aromatic rings. The van der Waals surface area contributed by atoms with Gasteiger partial charge in [0.05, 0.1) is 28.6 Å². The molecule has 0 saturated carbocycles. The van der Waals surface area contributed by atoms with E-state index in [1.807, 2.05) is 49.4 Å². The van der Waals surface area contributed by atoms with Crippen molar-refractivity contribution in [2.75, 3.05) is 0 Å². The molecule has 0 saturated heterocycles. The number of fused-ring (bicyclic) bond motifs is 6. The first-order valence-electron chi connectivity index (χ1n) is 19.4. The smallest absolute Gasteiger partial charge is 0.236 e. The van der Waals surface area contributed by atoms with Gasteiger partial charge in [-0.15, -0.1) is 0 Å². The van der Waals surface area contributed by atoms with Crippen molar-refractivity contribution in [1.82, 2.24) is 9.13 Å². The number of rotatable bonds is 8. The van der Waals surface area contributed by atoms with Gasteiger partial charge in [-0.05, 0) is 95.6 Å². The number of para-hydroxylation sites is 2. The Labute approximate surface area is 338 Å². The molecule has 5 nitrogen and oxygen atoms in total. The zero-order chi connectivity index (χ0) is 39.4. The van der Waals surface area contributed by atoms with E-state index in [1.54, 1.807) is 6.08 Å². The first kappa shape index (κ1) is 36.0. The first-order valence-corrected chi connectivity index (χ1v) is 19.4. The molecule has 58 heavy (non-hydrogen) atoms. The molecule has 2 heterocycles. The van der Waals surface area contributed by atoms with Crippen molar-refractivity contribution in [2.45, 2.75) is 13.5 Å². The number of hydrogen-bond acceptors (Lipinski definition) is 1. The molecule has 2 aromatic heterocycles. The summed E-state index contributed by atoms with van der Waals surface area (Å²) in [6, 6.07) is 60.1. The van der Waals surface area contributed by atoms with Gasteiger partial charge in [0, 0.05) is 27.2 Å². The fourth-order valence-corrected chi connectivity index (χ4v) is 7.86. The summed E-state index contributed by atoms with van der Waals surface area (Å²) >= 11 is 0. The standard InChI is InChI=1S/C53H41N5/c1-4-5-8-18-37(2)52(55-36-38-19-9-6-10-20-38)56-53(54-3)58-49-28-16-14-26-45(49)47-35-42(30-32-51(47)58)41-29-31-50-46(34-41)44-25-13-15-27-48(44)57(50)43-24-17-23-40(33-43)39-21-11-7-12-22-39/h4-35H,1,3,36H2,2H3/b8-5-,37-18+,55-52?,56-53?. The normalized spacial score (nSPS) is 12.7. The largest absolute Gasteiger partial charge is 0.309 e. The minimum Gasteiger partial charge on any atom is -0.309 e. The third-order valence-corrected chi connectivity index (χ3v) is 10.6. The summed E-state index contributed by atoms with van der Waals surface area (Å²) in [7, 11) is 0. The molecule has 0 spiro atoms. The van der Waals surface area contributed by atoms with Gasteiger partial charge < -0.3 is 4.57 Å². The summed E-state index contributed by atoms with van der Waals surface area (Å²) in [4.78, 5) is 14.6. The average molecular weight is 748 g/mol. The van der Waals surface area contributed by atoms with Crippen LogP contribution in [0.2, 0.25) is 0 Å². The van der Waals surface area contributed by atoms with Crippen molar-refractivity contribution in [3.63, 3.8) is 0 Å². The topological polar surface area (TPSA) is 46.9 Å². The number of aromatic nitrogens is 2. The van der Waals surface area contributed by atoms with E-state index >= 15 is 0 Å². The molecule has 0 aliphatic rings. The van der Waals surface area contributed by atoms with Crippen LogP contribution in [0, 0.1) is 0 Å². The molecule has 5 heteroatoms. The lowest BCUT2D eigenvalue weighted by molar-refractivity contribution is 1.06. The molecule has 0 aliphatic carbocycles. The van der Waals surface area contributed by atoms with Crippen LogP contribution in [0.15, 0.2) is 221 Å². The van der Waals surface area contributed by atoms with Crippen molar-refractivity contribution in [3.8, 4) is 27.9 Å². The maximum absolute atomic E-state index is 5.09. The van der Waals surface area contributed by atoms with Crippen LogP contribution in [0.25, 0.3) is 71.6 Å². The molecule has 9 rings (SSSR count). The van der Waals surface area contributed by atoms with Gasteiger partial charge in [-0.1, -0.05) is 152 Å². The van der Waals surface area contributed by atoms with Crippen molar-refractivity contribution < 1.29 is 0 Å². The monoisotopic (exact) mass is 747 g/mol. The van der Waals surface area contributed by atoms with E-state index in [1.165, 1.54) is 32.9 Å². The molecule has 0 atom stereocenters. The van der Waals surface area contributed by atoms with E-state index in [9.17, 15) is 0 Å². The molecule has 0 radical (unpaired) electrons. The van der Waals surface area contributed by atoms with Crippen LogP contribution in [-0.4, -0.2) is 27.6 Å². The summed E-state index contributed by atoms with van der Waals surface area (Å²) in [6.45, 7) is 10.3. The number of nitrogens with zero attached hydrogens (tertiary/aromatic N) is 5. The second kappa shape index (κ2) is 15.8. The Hall–Kier alpha value is -7.63. The lowest BCUT2D eigenvalue weighted by atomic mass is 10.0. The minimum atomic E-state index is 0.455. The van der Waals surface area contributed by atoms with Gasteiger partial charge in [0.15, 0.2) is 5.84 Å². The Morgan fingerprint density at radius 3 is 1.84 bits per heavy atom. The van der Waals surface area contributed by atoms with Gasteiger partial charge in [-0.2, -0.15) is 4.99 Å². The van der Waals surface area contributed by atoms with Gasteiger partial charge in [0.2, 0.25) is 5.96 Å². The Balaban J connectivity index is 1.16. The SMILES string of the molecule is C=C/C=C\C=C(/C)C(=NCc1ccccc1)N=C(N=C)n1c2ccccc2c2cc(-c3ccc4c(c3)c3ccccc3n4-c3cccc(-c4ccccc4)c3)ccc21. The van der Waals surface area contributed by atoms with Crippen molar-refractivity contribution >= 4 is 62.1 Å². The van der Waals surface area contributed by atoms with Crippen molar-refractivity contribution in [1.29, 1.82) is 0 Å². The first-order chi connectivity index (χ1) is 28.6. The van der Waals surface area contributed by atoms with Crippen LogP contribution in [0.5, 0.6) is 0 Å². The van der Waals surface area contributed by atoms with Gasteiger partial charge in [-0.3, -0.25) is 9.56 Å². The summed E-state index contributed by atoms with van der Waals surface area (Å²) < 4.78 is 4.47. The van der Waals surface area contributed by atoms with Crippen molar-refractivity contribution in [3.05, 3.63) is 212 Å². The molecule has 0 unspecified atom stereocenters. The molecule has 0 fully saturated rings. The van der Waals surface area contributed by atoms with Gasteiger partial charge in [0.1, 0.15) is 0 Å². The minimum absolute atomic E-state index is 0.455. The Morgan fingerprint density at radius 1 is 0.552 bits per heavy atom. The van der Waals surface area contributed by atoms with Gasteiger partial charge >= 0.3 is 0 Å². The Morgan fingerprint density at radius 2 is 1.12 bits per heavy atom. The summed E-state index contributed by atoms with van der Waals surface area (Å²) in [5.74, 6) is 1.04. The number of allylic oxidation sites excluding steroid dienone is 4. The molecule has 7 aromatic carbocycles. The van der Waals surface area contributed by atoms with Crippen LogP contribution in [0.1, 0.15) is 12.5 Å².